The molecule has 0 saturated heterocycles. The highest BCUT2D eigenvalue weighted by atomic mass is 35.5. The lowest BCUT2D eigenvalue weighted by atomic mass is 10.3. The van der Waals surface area contributed by atoms with E-state index in [1.54, 1.807) is 31.1 Å². The predicted octanol–water partition coefficient (Wildman–Crippen LogP) is 4.04. The Bertz CT molecular complexity index is 504. The van der Waals surface area contributed by atoms with Gasteiger partial charge in [0.1, 0.15) is 5.75 Å². The lowest BCUT2D eigenvalue weighted by Crippen LogP contribution is -1.88. The molecule has 17 heavy (non-hydrogen) atoms. The molecule has 0 aliphatic carbocycles. The number of benzene rings is 1. The first-order valence-electron chi connectivity index (χ1n) is 5.16. The summed E-state index contributed by atoms with van der Waals surface area (Å²) in [7, 11) is 1.68. The van der Waals surface area contributed by atoms with Gasteiger partial charge >= 0.3 is 0 Å². The molecule has 88 valence electrons. The second-order valence-electron chi connectivity index (χ2n) is 3.40. The lowest BCUT2D eigenvalue weighted by molar-refractivity contribution is 0.405. The van der Waals surface area contributed by atoms with Crippen LogP contribution in [0.4, 0.5) is 0 Å². The average Bonchev–Trinajstić information content (AvgIpc) is 2.37. The van der Waals surface area contributed by atoms with Crippen molar-refractivity contribution in [3.63, 3.8) is 0 Å². The van der Waals surface area contributed by atoms with Crippen LogP contribution in [0.3, 0.4) is 0 Å². The SMILES string of the molecule is COc1ccccc1SCc1cc(Cl)ccn1. The van der Waals surface area contributed by atoms with Crippen LogP contribution in [-0.4, -0.2) is 12.1 Å². The minimum atomic E-state index is 0.718. The van der Waals surface area contributed by atoms with Crippen molar-refractivity contribution in [1.82, 2.24) is 4.98 Å². The van der Waals surface area contributed by atoms with Crippen LogP contribution in [-0.2, 0) is 5.75 Å². The zero-order valence-corrected chi connectivity index (χ0v) is 11.0. The van der Waals surface area contributed by atoms with Crippen LogP contribution in [0.15, 0.2) is 47.5 Å². The molecule has 0 saturated carbocycles. The van der Waals surface area contributed by atoms with Gasteiger partial charge in [0.2, 0.25) is 0 Å². The molecule has 0 amide bonds. The number of hydrogen-bond donors (Lipinski definition) is 0. The predicted molar refractivity (Wildman–Crippen MR) is 71.8 cm³/mol. The molecule has 0 bridgehead atoms. The molecule has 0 unspecified atom stereocenters. The summed E-state index contributed by atoms with van der Waals surface area (Å²) in [6.07, 6.45) is 1.72. The number of hydrogen-bond acceptors (Lipinski definition) is 3. The van der Waals surface area contributed by atoms with Gasteiger partial charge in [-0.05, 0) is 24.3 Å². The fourth-order valence-electron chi connectivity index (χ4n) is 1.42. The van der Waals surface area contributed by atoms with E-state index in [4.69, 9.17) is 16.3 Å². The van der Waals surface area contributed by atoms with E-state index in [-0.39, 0.29) is 0 Å². The van der Waals surface area contributed by atoms with E-state index in [1.807, 2.05) is 30.3 Å². The van der Waals surface area contributed by atoms with E-state index in [1.165, 1.54) is 0 Å². The molecule has 1 aromatic heterocycles. The number of ether oxygens (including phenoxy) is 1. The normalized spacial score (nSPS) is 10.2. The number of nitrogens with zero attached hydrogens (tertiary/aromatic N) is 1. The molecule has 0 spiro atoms. The number of aromatic nitrogens is 1. The summed E-state index contributed by atoms with van der Waals surface area (Å²) in [6.45, 7) is 0. The summed E-state index contributed by atoms with van der Waals surface area (Å²) in [5.41, 5.74) is 0.966. The number of methoxy groups -OCH3 is 1. The Morgan fingerprint density at radius 2 is 2.12 bits per heavy atom. The van der Waals surface area contributed by atoms with Crippen LogP contribution in [0, 0.1) is 0 Å². The highest BCUT2D eigenvalue weighted by molar-refractivity contribution is 7.98. The number of halogens is 1. The van der Waals surface area contributed by atoms with Gasteiger partial charge in [-0.1, -0.05) is 23.7 Å². The number of rotatable bonds is 4. The third-order valence-electron chi connectivity index (χ3n) is 2.22. The Morgan fingerprint density at radius 3 is 2.88 bits per heavy atom. The molecule has 0 aliphatic heterocycles. The van der Waals surface area contributed by atoms with Gasteiger partial charge in [0.05, 0.1) is 12.8 Å². The van der Waals surface area contributed by atoms with Crippen LogP contribution in [0.1, 0.15) is 5.69 Å². The van der Waals surface area contributed by atoms with Crippen molar-refractivity contribution >= 4 is 23.4 Å². The number of para-hydroxylation sites is 1. The molecule has 0 atom stereocenters. The Labute approximate surface area is 110 Å². The van der Waals surface area contributed by atoms with E-state index in [0.29, 0.717) is 0 Å². The number of pyridine rings is 1. The minimum Gasteiger partial charge on any atom is -0.496 e. The molecule has 0 radical (unpaired) electrons. The Hall–Kier alpha value is -1.19. The highest BCUT2D eigenvalue weighted by Gasteiger charge is 2.03. The van der Waals surface area contributed by atoms with E-state index in [2.05, 4.69) is 4.98 Å². The maximum absolute atomic E-state index is 5.91. The van der Waals surface area contributed by atoms with Gasteiger partial charge in [-0.3, -0.25) is 4.98 Å². The standard InChI is InChI=1S/C13H12ClNOS/c1-16-12-4-2-3-5-13(12)17-9-11-8-10(14)6-7-15-11/h2-8H,9H2,1H3. The first-order valence-corrected chi connectivity index (χ1v) is 6.52. The molecule has 2 rings (SSSR count). The van der Waals surface area contributed by atoms with Gasteiger partial charge in [-0.25, -0.2) is 0 Å². The second kappa shape index (κ2) is 5.94. The summed E-state index contributed by atoms with van der Waals surface area (Å²) in [4.78, 5) is 5.37. The third kappa shape index (κ3) is 3.38. The van der Waals surface area contributed by atoms with Crippen LogP contribution in [0.2, 0.25) is 5.02 Å². The second-order valence-corrected chi connectivity index (χ2v) is 4.86. The molecular formula is C13H12ClNOS. The first-order chi connectivity index (χ1) is 8.29. The van der Waals surface area contributed by atoms with Crippen molar-refractivity contribution in [1.29, 1.82) is 0 Å². The molecule has 4 heteroatoms. The fraction of sp³-hybridized carbons (Fsp3) is 0.154. The van der Waals surface area contributed by atoms with Crippen LogP contribution >= 0.6 is 23.4 Å². The third-order valence-corrected chi connectivity index (χ3v) is 3.55. The number of thioether (sulfide) groups is 1. The zero-order chi connectivity index (χ0) is 12.1. The van der Waals surface area contributed by atoms with Crippen molar-refractivity contribution in [2.75, 3.05) is 7.11 Å². The van der Waals surface area contributed by atoms with Crippen molar-refractivity contribution in [3.8, 4) is 5.75 Å². The topological polar surface area (TPSA) is 22.1 Å². The molecule has 1 aromatic carbocycles. The van der Waals surface area contributed by atoms with Crippen LogP contribution in [0.25, 0.3) is 0 Å². The van der Waals surface area contributed by atoms with Gasteiger partial charge in [0.15, 0.2) is 0 Å². The minimum absolute atomic E-state index is 0.718. The molecule has 2 aromatic rings. The molecule has 0 N–H and O–H groups in total. The van der Waals surface area contributed by atoms with Gasteiger partial charge in [0, 0.05) is 21.9 Å². The molecule has 0 fully saturated rings. The lowest BCUT2D eigenvalue weighted by Gasteiger charge is -2.07. The van der Waals surface area contributed by atoms with Gasteiger partial charge < -0.3 is 4.74 Å². The smallest absolute Gasteiger partial charge is 0.132 e. The van der Waals surface area contributed by atoms with Crippen LogP contribution in [0.5, 0.6) is 5.75 Å². The van der Waals surface area contributed by atoms with Crippen molar-refractivity contribution in [3.05, 3.63) is 53.3 Å². The summed E-state index contributed by atoms with van der Waals surface area (Å²) < 4.78 is 5.29. The Kier molecular flexibility index (Phi) is 4.29. The van der Waals surface area contributed by atoms with Crippen LogP contribution < -0.4 is 4.74 Å². The van der Waals surface area contributed by atoms with E-state index in [9.17, 15) is 0 Å². The largest absolute Gasteiger partial charge is 0.496 e. The van der Waals surface area contributed by atoms with Gasteiger partial charge in [-0.2, -0.15) is 0 Å². The Morgan fingerprint density at radius 1 is 1.29 bits per heavy atom. The molecular weight excluding hydrogens is 254 g/mol. The molecule has 1 heterocycles. The zero-order valence-electron chi connectivity index (χ0n) is 9.39. The monoisotopic (exact) mass is 265 g/mol. The van der Waals surface area contributed by atoms with Crippen molar-refractivity contribution < 1.29 is 4.74 Å². The fourth-order valence-corrected chi connectivity index (χ4v) is 2.53. The van der Waals surface area contributed by atoms with Gasteiger partial charge in [-0.15, -0.1) is 11.8 Å². The quantitative estimate of drug-likeness (QED) is 0.779. The van der Waals surface area contributed by atoms with E-state index < -0.39 is 0 Å². The summed E-state index contributed by atoms with van der Waals surface area (Å²) in [5.74, 6) is 1.67. The first kappa shape index (κ1) is 12.3. The maximum Gasteiger partial charge on any atom is 0.132 e. The molecule has 2 nitrogen and oxygen atoms in total. The van der Waals surface area contributed by atoms with Crippen molar-refractivity contribution in [2.24, 2.45) is 0 Å². The summed E-state index contributed by atoms with van der Waals surface area (Å²) in [5, 5.41) is 0.718. The van der Waals surface area contributed by atoms with E-state index in [0.717, 1.165) is 27.1 Å². The Balaban J connectivity index is 2.07. The van der Waals surface area contributed by atoms with Gasteiger partial charge in [0.25, 0.3) is 0 Å². The average molecular weight is 266 g/mol. The van der Waals surface area contributed by atoms with E-state index >= 15 is 0 Å². The molecule has 0 aliphatic rings. The maximum atomic E-state index is 5.91. The summed E-state index contributed by atoms with van der Waals surface area (Å²) in [6, 6.07) is 11.6. The highest BCUT2D eigenvalue weighted by Crippen LogP contribution is 2.30. The van der Waals surface area contributed by atoms with Crippen molar-refractivity contribution in [2.45, 2.75) is 10.6 Å². The summed E-state index contributed by atoms with van der Waals surface area (Å²) >= 11 is 7.60.